The highest BCUT2D eigenvalue weighted by Gasteiger charge is 2.35. The van der Waals surface area contributed by atoms with Crippen molar-refractivity contribution in [3.05, 3.63) is 35.4 Å². The van der Waals surface area contributed by atoms with Crippen LogP contribution in [0.25, 0.3) is 0 Å². The molecule has 0 spiro atoms. The molecule has 1 saturated carbocycles. The van der Waals surface area contributed by atoms with Crippen molar-refractivity contribution in [1.29, 1.82) is 0 Å². The van der Waals surface area contributed by atoms with Gasteiger partial charge in [-0.15, -0.1) is 0 Å². The van der Waals surface area contributed by atoms with Crippen LogP contribution in [0.4, 0.5) is 13.6 Å². The molecule has 1 aliphatic carbocycles. The Balaban J connectivity index is 1.66. The summed E-state index contributed by atoms with van der Waals surface area (Å²) in [5.74, 6) is -4.15. The minimum atomic E-state index is -1.46. The first kappa shape index (κ1) is 31.8. The van der Waals surface area contributed by atoms with E-state index in [0.717, 1.165) is 44.9 Å². The summed E-state index contributed by atoms with van der Waals surface area (Å²) in [6, 6.07) is -0.978. The Bertz CT molecular complexity index is 1090. The first-order valence-electron chi connectivity index (χ1n) is 13.8. The van der Waals surface area contributed by atoms with Crippen LogP contribution in [0.5, 0.6) is 0 Å². The number of benzene rings is 1. The maximum atomic E-state index is 13.8. The number of amides is 3. The van der Waals surface area contributed by atoms with Gasteiger partial charge in [-0.2, -0.15) is 0 Å². The molecule has 226 valence electrons. The van der Waals surface area contributed by atoms with Gasteiger partial charge in [-0.05, 0) is 42.9 Å². The molecule has 13 heteroatoms. The SMILES string of the molecule is COC(=O)[C@H](COC(=O)C1CCCN1C(C)=O)NC(=O)[C@H](Cc1cc(F)cc(F)c1)NC(=O)OCCC1CCCC1. The molecular formula is C28H37F2N3O8. The van der Waals surface area contributed by atoms with Crippen LogP contribution < -0.4 is 10.6 Å². The van der Waals surface area contributed by atoms with E-state index in [9.17, 15) is 32.8 Å². The Labute approximate surface area is 237 Å². The number of ether oxygens (including phenoxy) is 3. The topological polar surface area (TPSA) is 140 Å². The van der Waals surface area contributed by atoms with Gasteiger partial charge in [0.25, 0.3) is 0 Å². The number of alkyl carbamates (subject to hydrolysis) is 1. The van der Waals surface area contributed by atoms with E-state index in [1.54, 1.807) is 0 Å². The summed E-state index contributed by atoms with van der Waals surface area (Å²) in [6.45, 7) is 1.27. The number of likely N-dealkylation sites (tertiary alicyclic amines) is 1. The lowest BCUT2D eigenvalue weighted by Gasteiger charge is -2.24. The van der Waals surface area contributed by atoms with E-state index in [-0.39, 0.29) is 24.5 Å². The molecule has 0 aromatic heterocycles. The summed E-state index contributed by atoms with van der Waals surface area (Å²) < 4.78 is 42.8. The van der Waals surface area contributed by atoms with Crippen LogP contribution >= 0.6 is 0 Å². The number of hydrogen-bond donors (Lipinski definition) is 2. The van der Waals surface area contributed by atoms with Gasteiger partial charge < -0.3 is 29.7 Å². The molecule has 3 amide bonds. The molecule has 1 aromatic carbocycles. The lowest BCUT2D eigenvalue weighted by atomic mass is 10.0. The fourth-order valence-electron chi connectivity index (χ4n) is 5.21. The fraction of sp³-hybridized carbons (Fsp3) is 0.607. The molecule has 0 radical (unpaired) electrons. The number of carbonyl (C=O) groups excluding carboxylic acids is 5. The number of nitrogens with one attached hydrogen (secondary N) is 2. The van der Waals surface area contributed by atoms with Crippen molar-refractivity contribution in [2.45, 2.75) is 76.4 Å². The number of hydrogen-bond acceptors (Lipinski definition) is 8. The third-order valence-electron chi connectivity index (χ3n) is 7.33. The minimum Gasteiger partial charge on any atom is -0.467 e. The van der Waals surface area contributed by atoms with E-state index < -0.39 is 60.3 Å². The van der Waals surface area contributed by atoms with Gasteiger partial charge in [0.05, 0.1) is 13.7 Å². The summed E-state index contributed by atoms with van der Waals surface area (Å²) in [5.41, 5.74) is 0.0699. The second-order valence-electron chi connectivity index (χ2n) is 10.3. The Morgan fingerprint density at radius 2 is 1.63 bits per heavy atom. The molecule has 0 bridgehead atoms. The molecule has 1 aromatic rings. The van der Waals surface area contributed by atoms with Gasteiger partial charge >= 0.3 is 18.0 Å². The molecule has 3 rings (SSSR count). The quantitative estimate of drug-likeness (QED) is 0.283. The number of halogens is 2. The van der Waals surface area contributed by atoms with E-state index in [4.69, 9.17) is 14.2 Å². The first-order valence-corrected chi connectivity index (χ1v) is 13.8. The average Bonchev–Trinajstić information content (AvgIpc) is 3.62. The Hall–Kier alpha value is -3.77. The number of rotatable bonds is 12. The summed E-state index contributed by atoms with van der Waals surface area (Å²) in [5, 5.41) is 4.77. The van der Waals surface area contributed by atoms with Crippen molar-refractivity contribution >= 4 is 29.8 Å². The molecule has 2 fully saturated rings. The lowest BCUT2D eigenvalue weighted by Crippen LogP contribution is -2.54. The predicted octanol–water partition coefficient (Wildman–Crippen LogP) is 2.39. The van der Waals surface area contributed by atoms with Crippen molar-refractivity contribution < 1.29 is 47.0 Å². The van der Waals surface area contributed by atoms with Gasteiger partial charge in [0.15, 0.2) is 6.04 Å². The summed E-state index contributed by atoms with van der Waals surface area (Å²) in [7, 11) is 1.07. The van der Waals surface area contributed by atoms with E-state index in [2.05, 4.69) is 10.6 Å². The highest BCUT2D eigenvalue weighted by molar-refractivity contribution is 5.90. The zero-order valence-corrected chi connectivity index (χ0v) is 23.3. The molecular weight excluding hydrogens is 544 g/mol. The number of methoxy groups -OCH3 is 1. The third kappa shape index (κ3) is 9.68. The van der Waals surface area contributed by atoms with Crippen LogP contribution in [0.2, 0.25) is 0 Å². The van der Waals surface area contributed by atoms with Gasteiger partial charge in [-0.3, -0.25) is 9.59 Å². The van der Waals surface area contributed by atoms with Crippen LogP contribution in [0.1, 0.15) is 57.4 Å². The fourth-order valence-corrected chi connectivity index (χ4v) is 5.21. The monoisotopic (exact) mass is 581 g/mol. The molecule has 1 unspecified atom stereocenters. The van der Waals surface area contributed by atoms with E-state index >= 15 is 0 Å². The zero-order chi connectivity index (χ0) is 29.9. The molecule has 11 nitrogen and oxygen atoms in total. The van der Waals surface area contributed by atoms with Gasteiger partial charge in [0.2, 0.25) is 11.8 Å². The van der Waals surface area contributed by atoms with Crippen LogP contribution in [-0.4, -0.2) is 79.7 Å². The maximum Gasteiger partial charge on any atom is 0.407 e. The lowest BCUT2D eigenvalue weighted by molar-refractivity contribution is -0.157. The molecule has 1 heterocycles. The van der Waals surface area contributed by atoms with E-state index in [1.807, 2.05) is 0 Å². The largest absolute Gasteiger partial charge is 0.467 e. The molecule has 1 aliphatic heterocycles. The Kier molecular flexibility index (Phi) is 11.8. The normalized spacial score (nSPS) is 18.3. The van der Waals surface area contributed by atoms with Crippen LogP contribution in [0.15, 0.2) is 18.2 Å². The number of esters is 2. The third-order valence-corrected chi connectivity index (χ3v) is 7.33. The Morgan fingerprint density at radius 3 is 2.27 bits per heavy atom. The maximum absolute atomic E-state index is 13.8. The van der Waals surface area contributed by atoms with Crippen LogP contribution in [0.3, 0.4) is 0 Å². The molecule has 2 N–H and O–H groups in total. The summed E-state index contributed by atoms with van der Waals surface area (Å²) >= 11 is 0. The molecule has 41 heavy (non-hydrogen) atoms. The van der Waals surface area contributed by atoms with Gasteiger partial charge in [0, 0.05) is 26.0 Å². The molecule has 3 atom stereocenters. The van der Waals surface area contributed by atoms with Crippen molar-refractivity contribution in [2.75, 3.05) is 26.9 Å². The van der Waals surface area contributed by atoms with E-state index in [0.29, 0.717) is 37.8 Å². The molecule has 2 aliphatic rings. The van der Waals surface area contributed by atoms with Crippen LogP contribution in [0, 0.1) is 17.6 Å². The van der Waals surface area contributed by atoms with Crippen molar-refractivity contribution in [3.8, 4) is 0 Å². The van der Waals surface area contributed by atoms with Crippen molar-refractivity contribution in [1.82, 2.24) is 15.5 Å². The van der Waals surface area contributed by atoms with Gasteiger partial charge in [0.1, 0.15) is 30.3 Å². The standard InChI is InChI=1S/C28H37F2N3O8/c1-17(34)33-10-5-8-24(33)27(37)41-16-23(26(36)39-2)31-25(35)22(14-19-12-20(29)15-21(30)13-19)32-28(38)40-11-9-18-6-3-4-7-18/h12-13,15,18,22-24H,3-11,14,16H2,1-2H3,(H,31,35)(H,32,38)/t22-,23-,24?/m0/s1. The van der Waals surface area contributed by atoms with Crippen LogP contribution in [-0.2, 0) is 39.8 Å². The van der Waals surface area contributed by atoms with E-state index in [1.165, 1.54) is 11.8 Å². The van der Waals surface area contributed by atoms with Crippen molar-refractivity contribution in [3.63, 3.8) is 0 Å². The highest BCUT2D eigenvalue weighted by atomic mass is 19.1. The van der Waals surface area contributed by atoms with Crippen molar-refractivity contribution in [2.24, 2.45) is 5.92 Å². The first-order chi connectivity index (χ1) is 19.6. The second-order valence-corrected chi connectivity index (χ2v) is 10.3. The summed E-state index contributed by atoms with van der Waals surface area (Å²) in [4.78, 5) is 63.9. The van der Waals surface area contributed by atoms with Gasteiger partial charge in [-0.1, -0.05) is 25.7 Å². The highest BCUT2D eigenvalue weighted by Crippen LogP contribution is 2.27. The van der Waals surface area contributed by atoms with Gasteiger partial charge in [-0.25, -0.2) is 23.2 Å². The summed E-state index contributed by atoms with van der Waals surface area (Å²) in [6.07, 6.45) is 4.84. The number of carbonyl (C=O) groups is 5. The average molecular weight is 582 g/mol. The molecule has 1 saturated heterocycles. The second kappa shape index (κ2) is 15.3. The minimum absolute atomic E-state index is 0.0699. The zero-order valence-electron chi connectivity index (χ0n) is 23.3. The number of nitrogens with zero attached hydrogens (tertiary/aromatic N) is 1. The predicted molar refractivity (Wildman–Crippen MR) is 140 cm³/mol. The Morgan fingerprint density at radius 1 is 0.951 bits per heavy atom. The smallest absolute Gasteiger partial charge is 0.407 e.